The summed E-state index contributed by atoms with van der Waals surface area (Å²) in [6.45, 7) is 3.96. The molecule has 9 nitrogen and oxygen atoms in total. The molecule has 3 rings (SSSR count). The van der Waals surface area contributed by atoms with Crippen molar-refractivity contribution in [2.24, 2.45) is 0 Å². The maximum atomic E-state index is 12.9. The first-order valence-electron chi connectivity index (χ1n) is 9.45. The molecule has 0 saturated carbocycles. The second-order valence-electron chi connectivity index (χ2n) is 7.34. The number of benzene rings is 1. The summed E-state index contributed by atoms with van der Waals surface area (Å²) in [5, 5.41) is -0.286. The molecule has 0 radical (unpaired) electrons. The number of fused-ring (bicyclic) bond motifs is 1. The zero-order chi connectivity index (χ0) is 22.3. The molecule has 166 valence electrons. The molecule has 0 spiro atoms. The van der Waals surface area contributed by atoms with Crippen molar-refractivity contribution in [3.8, 4) is 0 Å². The van der Waals surface area contributed by atoms with Gasteiger partial charge in [-0.2, -0.15) is 0 Å². The summed E-state index contributed by atoms with van der Waals surface area (Å²) in [6.07, 6.45) is 0.450. The van der Waals surface area contributed by atoms with Gasteiger partial charge in [0.05, 0.1) is 21.7 Å². The Morgan fingerprint density at radius 3 is 2.63 bits per heavy atom. The fourth-order valence-electron chi connectivity index (χ4n) is 3.36. The van der Waals surface area contributed by atoms with Crippen LogP contribution in [0.1, 0.15) is 20.3 Å². The number of hydrogen-bond donors (Lipinski definition) is 0. The molecule has 0 unspecified atom stereocenters. The average Bonchev–Trinajstić information content (AvgIpc) is 3.23. The molecule has 2 heterocycles. The van der Waals surface area contributed by atoms with Crippen LogP contribution in [0.3, 0.4) is 0 Å². The van der Waals surface area contributed by atoms with Crippen molar-refractivity contribution in [2.75, 3.05) is 32.1 Å². The quantitative estimate of drug-likeness (QED) is 0.554. The first-order valence-corrected chi connectivity index (χ1v) is 13.6. The lowest BCUT2D eigenvalue weighted by Crippen LogP contribution is -2.44. The largest absolute Gasteiger partial charge is 0.431 e. The van der Waals surface area contributed by atoms with Gasteiger partial charge in [-0.3, -0.25) is 4.79 Å². The van der Waals surface area contributed by atoms with Crippen LogP contribution in [0, 0.1) is 0 Å². The van der Waals surface area contributed by atoms with Crippen LogP contribution in [0.15, 0.2) is 32.7 Å². The predicted molar refractivity (Wildman–Crippen MR) is 115 cm³/mol. The minimum absolute atomic E-state index is 0.00399. The van der Waals surface area contributed by atoms with Gasteiger partial charge in [-0.05, 0) is 38.5 Å². The fourth-order valence-corrected chi connectivity index (χ4v) is 6.84. The SMILES string of the molecule is CCN(C(=O)[C@H](C)Sc1nc2cc(S(=O)(=O)N(C)C)ccc2o1)[C@H]1CCS(=O)(=O)C1. The minimum Gasteiger partial charge on any atom is -0.431 e. The summed E-state index contributed by atoms with van der Waals surface area (Å²) in [4.78, 5) is 18.9. The summed E-state index contributed by atoms with van der Waals surface area (Å²) in [6, 6.07) is 4.12. The van der Waals surface area contributed by atoms with Gasteiger partial charge in [-0.25, -0.2) is 26.1 Å². The van der Waals surface area contributed by atoms with Gasteiger partial charge >= 0.3 is 0 Å². The van der Waals surface area contributed by atoms with Crippen LogP contribution in [0.4, 0.5) is 0 Å². The monoisotopic (exact) mass is 475 g/mol. The third-order valence-corrected chi connectivity index (χ3v) is 9.51. The van der Waals surface area contributed by atoms with E-state index in [-0.39, 0.29) is 33.6 Å². The Kier molecular flexibility index (Phi) is 6.51. The van der Waals surface area contributed by atoms with Crippen molar-refractivity contribution < 1.29 is 26.0 Å². The minimum atomic E-state index is -3.59. The van der Waals surface area contributed by atoms with Crippen LogP contribution in [0.5, 0.6) is 0 Å². The van der Waals surface area contributed by atoms with E-state index in [0.29, 0.717) is 24.1 Å². The van der Waals surface area contributed by atoms with E-state index in [2.05, 4.69) is 4.98 Å². The molecule has 1 aromatic heterocycles. The molecular weight excluding hydrogens is 450 g/mol. The first-order chi connectivity index (χ1) is 13.9. The van der Waals surface area contributed by atoms with Crippen LogP contribution < -0.4 is 0 Å². The Balaban J connectivity index is 1.77. The lowest BCUT2D eigenvalue weighted by molar-refractivity contribution is -0.131. The first kappa shape index (κ1) is 23.0. The number of aromatic nitrogens is 1. The summed E-state index contributed by atoms with van der Waals surface area (Å²) < 4.78 is 54.9. The number of carbonyl (C=O) groups is 1. The van der Waals surface area contributed by atoms with Crippen LogP contribution in [-0.2, 0) is 24.7 Å². The Hall–Kier alpha value is -1.63. The molecule has 0 N–H and O–H groups in total. The Labute approximate surface area is 180 Å². The van der Waals surface area contributed by atoms with Crippen LogP contribution in [0.25, 0.3) is 11.1 Å². The molecule has 1 aliphatic rings. The number of carbonyl (C=O) groups excluding carboxylic acids is 1. The Morgan fingerprint density at radius 1 is 1.37 bits per heavy atom. The van der Waals surface area contributed by atoms with Gasteiger partial charge in [0.2, 0.25) is 15.9 Å². The molecule has 2 atom stereocenters. The number of sulfone groups is 1. The molecule has 1 aromatic carbocycles. The van der Waals surface area contributed by atoms with E-state index in [1.165, 1.54) is 32.3 Å². The van der Waals surface area contributed by atoms with E-state index in [0.717, 1.165) is 16.1 Å². The molecule has 2 aromatic rings. The van der Waals surface area contributed by atoms with Gasteiger partial charge in [0.25, 0.3) is 5.22 Å². The molecule has 0 aliphatic carbocycles. The highest BCUT2D eigenvalue weighted by Crippen LogP contribution is 2.30. The van der Waals surface area contributed by atoms with Crippen LogP contribution >= 0.6 is 11.8 Å². The van der Waals surface area contributed by atoms with E-state index in [1.807, 2.05) is 6.92 Å². The summed E-state index contributed by atoms with van der Waals surface area (Å²) in [5.41, 5.74) is 0.804. The topological polar surface area (TPSA) is 118 Å². The van der Waals surface area contributed by atoms with Gasteiger partial charge in [-0.15, -0.1) is 0 Å². The van der Waals surface area contributed by atoms with E-state index < -0.39 is 25.1 Å². The fraction of sp³-hybridized carbons (Fsp3) is 0.556. The van der Waals surface area contributed by atoms with E-state index in [9.17, 15) is 21.6 Å². The predicted octanol–water partition coefficient (Wildman–Crippen LogP) is 1.59. The van der Waals surface area contributed by atoms with Crippen LogP contribution in [-0.4, -0.2) is 80.4 Å². The van der Waals surface area contributed by atoms with Crippen molar-refractivity contribution in [1.29, 1.82) is 0 Å². The number of thioether (sulfide) groups is 1. The second kappa shape index (κ2) is 8.48. The number of nitrogens with zero attached hydrogens (tertiary/aromatic N) is 3. The lowest BCUT2D eigenvalue weighted by atomic mass is 10.2. The Bertz CT molecular complexity index is 1160. The van der Waals surface area contributed by atoms with Crippen molar-refractivity contribution in [1.82, 2.24) is 14.2 Å². The van der Waals surface area contributed by atoms with Gasteiger partial charge < -0.3 is 9.32 Å². The number of hydrogen-bond acceptors (Lipinski definition) is 8. The van der Waals surface area contributed by atoms with Crippen molar-refractivity contribution in [3.05, 3.63) is 18.2 Å². The third-order valence-electron chi connectivity index (χ3n) is 5.02. The molecule has 1 amide bonds. The summed E-state index contributed by atoms with van der Waals surface area (Å²) in [5.74, 6) is -0.0786. The van der Waals surface area contributed by atoms with Crippen LogP contribution in [0.2, 0.25) is 0 Å². The van der Waals surface area contributed by atoms with Gasteiger partial charge in [-0.1, -0.05) is 11.8 Å². The molecule has 1 fully saturated rings. The van der Waals surface area contributed by atoms with E-state index >= 15 is 0 Å². The molecule has 30 heavy (non-hydrogen) atoms. The smallest absolute Gasteiger partial charge is 0.257 e. The third kappa shape index (κ3) is 4.66. The average molecular weight is 476 g/mol. The van der Waals surface area contributed by atoms with Crippen molar-refractivity contribution in [2.45, 2.75) is 41.7 Å². The normalized spacial score (nSPS) is 20.0. The maximum absolute atomic E-state index is 12.9. The standard InChI is InChI=1S/C18H25N3O6S3/c1-5-21(13-8-9-29(23,24)11-13)17(22)12(2)28-18-19-15-10-14(6-7-16(15)27-18)30(25,26)20(3)4/h6-7,10,12-13H,5,8-9,11H2,1-4H3/t12-,13-/m0/s1. The second-order valence-corrected chi connectivity index (χ2v) is 13.0. The molecule has 0 bridgehead atoms. The highest BCUT2D eigenvalue weighted by molar-refractivity contribution is 8.00. The van der Waals surface area contributed by atoms with Gasteiger partial charge in [0.1, 0.15) is 5.52 Å². The molecule has 1 saturated heterocycles. The number of rotatable bonds is 7. The molecule has 12 heteroatoms. The van der Waals surface area contributed by atoms with Gasteiger partial charge in [0.15, 0.2) is 15.4 Å². The summed E-state index contributed by atoms with van der Waals surface area (Å²) >= 11 is 1.12. The van der Waals surface area contributed by atoms with E-state index in [1.54, 1.807) is 11.8 Å². The maximum Gasteiger partial charge on any atom is 0.257 e. The highest BCUT2D eigenvalue weighted by atomic mass is 32.2. The van der Waals surface area contributed by atoms with Crippen molar-refractivity contribution in [3.63, 3.8) is 0 Å². The van der Waals surface area contributed by atoms with Crippen molar-refractivity contribution >= 4 is 48.6 Å². The summed E-state index contributed by atoms with van der Waals surface area (Å²) in [7, 11) is -3.79. The van der Waals surface area contributed by atoms with E-state index in [4.69, 9.17) is 4.42 Å². The highest BCUT2D eigenvalue weighted by Gasteiger charge is 2.35. The molecule has 1 aliphatic heterocycles. The Morgan fingerprint density at radius 2 is 2.07 bits per heavy atom. The van der Waals surface area contributed by atoms with Gasteiger partial charge in [0, 0.05) is 26.7 Å². The zero-order valence-corrected chi connectivity index (χ0v) is 19.7. The molecular formula is C18H25N3O6S3. The zero-order valence-electron chi connectivity index (χ0n) is 17.2. The number of amides is 1. The number of oxazole rings is 1. The number of sulfonamides is 1. The lowest BCUT2D eigenvalue weighted by Gasteiger charge is -2.28.